The van der Waals surface area contributed by atoms with Crippen molar-refractivity contribution in [3.8, 4) is 5.75 Å². The van der Waals surface area contributed by atoms with Crippen LogP contribution in [0.15, 0.2) is 76.6 Å². The van der Waals surface area contributed by atoms with E-state index in [-0.39, 0.29) is 29.2 Å². The van der Waals surface area contributed by atoms with Crippen LogP contribution in [-0.2, 0) is 14.4 Å². The molecule has 208 valence electrons. The number of thiazole rings is 1. The van der Waals surface area contributed by atoms with E-state index in [2.05, 4.69) is 10.3 Å². The van der Waals surface area contributed by atoms with E-state index in [0.717, 1.165) is 27.3 Å². The summed E-state index contributed by atoms with van der Waals surface area (Å²) >= 11 is 14.2. The molecule has 2 unspecified atom stereocenters. The van der Waals surface area contributed by atoms with Crippen molar-refractivity contribution in [2.45, 2.75) is 23.1 Å². The van der Waals surface area contributed by atoms with E-state index < -0.39 is 17.1 Å². The van der Waals surface area contributed by atoms with Crippen molar-refractivity contribution in [3.05, 3.63) is 102 Å². The monoisotopic (exact) mass is 625 g/mol. The summed E-state index contributed by atoms with van der Waals surface area (Å²) in [6, 6.07) is 19.0. The first-order valence-electron chi connectivity index (χ1n) is 12.5. The lowest BCUT2D eigenvalue weighted by atomic mass is 9.83. The zero-order chi connectivity index (χ0) is 28.8. The zero-order valence-corrected chi connectivity index (χ0v) is 24.5. The number of ether oxygens (including phenoxy) is 1. The van der Waals surface area contributed by atoms with Gasteiger partial charge < -0.3 is 15.0 Å². The van der Waals surface area contributed by atoms with Gasteiger partial charge in [-0.15, -0.1) is 0 Å². The van der Waals surface area contributed by atoms with Gasteiger partial charge in [0.2, 0.25) is 11.8 Å². The highest BCUT2D eigenvalue weighted by molar-refractivity contribution is 8.00. The van der Waals surface area contributed by atoms with Crippen LogP contribution in [0, 0.1) is 12.8 Å². The molecule has 0 aliphatic carbocycles. The maximum Gasteiger partial charge on any atom is 0.305 e. The van der Waals surface area contributed by atoms with Crippen molar-refractivity contribution < 1.29 is 19.1 Å². The first kappa shape index (κ1) is 27.6. The number of amides is 3. The van der Waals surface area contributed by atoms with Crippen molar-refractivity contribution in [2.24, 2.45) is 5.92 Å². The summed E-state index contributed by atoms with van der Waals surface area (Å²) in [6.07, 6.45) is 0. The highest BCUT2D eigenvalue weighted by Crippen LogP contribution is 2.53. The molecule has 0 bridgehead atoms. The predicted octanol–water partition coefficient (Wildman–Crippen LogP) is 5.86. The third-order valence-corrected chi connectivity index (χ3v) is 10.1. The van der Waals surface area contributed by atoms with Gasteiger partial charge in [0.05, 0.1) is 26.7 Å². The van der Waals surface area contributed by atoms with Crippen LogP contribution in [0.2, 0.25) is 10.0 Å². The van der Waals surface area contributed by atoms with Gasteiger partial charge in [-0.05, 0) is 55.0 Å². The number of hydrogen-bond acceptors (Lipinski definition) is 7. The van der Waals surface area contributed by atoms with Crippen LogP contribution in [0.4, 0.5) is 11.4 Å². The summed E-state index contributed by atoms with van der Waals surface area (Å²) in [5.41, 5.74) is 2.80. The van der Waals surface area contributed by atoms with Crippen LogP contribution in [-0.4, -0.2) is 34.6 Å². The van der Waals surface area contributed by atoms with Gasteiger partial charge in [-0.1, -0.05) is 76.1 Å². The third kappa shape index (κ3) is 5.28. The van der Waals surface area contributed by atoms with Crippen molar-refractivity contribution in [1.82, 2.24) is 4.98 Å². The van der Waals surface area contributed by atoms with E-state index in [1.807, 2.05) is 19.1 Å². The second-order valence-corrected chi connectivity index (χ2v) is 12.6. The Morgan fingerprint density at radius 1 is 0.976 bits per heavy atom. The number of carbonyl (C=O) groups excluding carboxylic acids is 3. The van der Waals surface area contributed by atoms with Gasteiger partial charge in [-0.2, -0.15) is 0 Å². The molecule has 1 fully saturated rings. The number of imide groups is 1. The second kappa shape index (κ2) is 11.0. The summed E-state index contributed by atoms with van der Waals surface area (Å²) in [5, 5.41) is 3.34. The Hall–Kier alpha value is -3.57. The molecule has 3 amide bonds. The third-order valence-electron chi connectivity index (χ3n) is 6.93. The number of nitrogens with one attached hydrogen (secondary N) is 2. The number of aromatic amines is 1. The zero-order valence-electron chi connectivity index (χ0n) is 21.4. The molecule has 4 aromatic rings. The molecular weight excluding hydrogens is 605 g/mol. The van der Waals surface area contributed by atoms with E-state index in [9.17, 15) is 19.2 Å². The summed E-state index contributed by atoms with van der Waals surface area (Å²) in [4.78, 5) is 56.6. The Balaban J connectivity index is 1.23. The maximum absolute atomic E-state index is 13.8. The summed E-state index contributed by atoms with van der Waals surface area (Å²) in [5.74, 6) is -1.72. The molecule has 0 radical (unpaired) electrons. The molecule has 0 saturated carbocycles. The number of nitrogens with zero attached hydrogens (tertiary/aromatic N) is 1. The van der Waals surface area contributed by atoms with Gasteiger partial charge in [-0.25, -0.2) is 4.90 Å². The minimum Gasteiger partial charge on any atom is -0.484 e. The Labute approximate surface area is 252 Å². The van der Waals surface area contributed by atoms with Crippen molar-refractivity contribution in [3.63, 3.8) is 0 Å². The number of hydrogen-bond donors (Lipinski definition) is 2. The van der Waals surface area contributed by atoms with Crippen molar-refractivity contribution >= 4 is 75.4 Å². The van der Waals surface area contributed by atoms with Gasteiger partial charge >= 0.3 is 4.87 Å². The first-order valence-corrected chi connectivity index (χ1v) is 15.0. The average Bonchev–Trinajstić information content (AvgIpc) is 3.44. The van der Waals surface area contributed by atoms with Crippen molar-refractivity contribution in [1.29, 1.82) is 0 Å². The minimum atomic E-state index is -0.684. The van der Waals surface area contributed by atoms with E-state index >= 15 is 0 Å². The van der Waals surface area contributed by atoms with Crippen LogP contribution in [0.25, 0.3) is 0 Å². The lowest BCUT2D eigenvalue weighted by Gasteiger charge is -2.29. The summed E-state index contributed by atoms with van der Waals surface area (Å²) < 4.78 is 5.66. The molecule has 2 N–H and O–H groups in total. The SMILES string of the molecule is Cc1ccc(N2C(=O)C3Sc4[nH]c(=O)sc4[C@H](c4ccc(OCC(=O)Nc5ccc(Cl)c(Cl)c5)cc4)C3C2=O)cc1. The number of benzene rings is 3. The maximum atomic E-state index is 13.8. The van der Waals surface area contributed by atoms with Gasteiger partial charge in [0.25, 0.3) is 5.91 Å². The van der Waals surface area contributed by atoms with Gasteiger partial charge in [0, 0.05) is 16.5 Å². The first-order chi connectivity index (χ1) is 19.7. The molecular formula is C29H21Cl2N3O5S2. The normalized spacial score (nSPS) is 19.6. The number of halogens is 2. The summed E-state index contributed by atoms with van der Waals surface area (Å²) in [7, 11) is 0. The second-order valence-electron chi connectivity index (χ2n) is 9.63. The molecule has 3 aromatic carbocycles. The Kier molecular flexibility index (Phi) is 7.41. The fraction of sp³-hybridized carbons (Fsp3) is 0.172. The largest absolute Gasteiger partial charge is 0.484 e. The number of anilines is 2. The average molecular weight is 627 g/mol. The number of aromatic nitrogens is 1. The van der Waals surface area contributed by atoms with Gasteiger partial charge in [0.15, 0.2) is 6.61 Å². The number of thioether (sulfide) groups is 1. The highest BCUT2D eigenvalue weighted by Gasteiger charge is 2.56. The Bertz CT molecular complexity index is 1740. The molecule has 1 aromatic heterocycles. The molecule has 2 aliphatic heterocycles. The smallest absolute Gasteiger partial charge is 0.305 e. The molecule has 8 nitrogen and oxygen atoms in total. The lowest BCUT2D eigenvalue weighted by Crippen LogP contribution is -2.32. The molecule has 6 rings (SSSR count). The number of fused-ring (bicyclic) bond motifs is 2. The fourth-order valence-corrected chi connectivity index (χ4v) is 7.83. The van der Waals surface area contributed by atoms with Gasteiger partial charge in [-0.3, -0.25) is 19.2 Å². The number of carbonyl (C=O) groups is 3. The topological polar surface area (TPSA) is 109 Å². The highest BCUT2D eigenvalue weighted by atomic mass is 35.5. The van der Waals surface area contributed by atoms with Crippen LogP contribution in [0.1, 0.15) is 21.9 Å². The minimum absolute atomic E-state index is 0.240. The molecule has 41 heavy (non-hydrogen) atoms. The standard InChI is InChI=1S/C29H21Cl2N3O5S2/c1-14-2-7-17(8-3-14)34-27(36)23-22(24-26(33-29(38)41-24)40-25(23)28(34)37)15-4-9-18(10-5-15)39-13-21(35)32-16-6-11-19(30)20(31)12-16/h2-12,22-23,25H,13H2,1H3,(H,32,35)(H,33,38)/t22-,23?,25?/m1/s1. The van der Waals surface area contributed by atoms with E-state index in [0.29, 0.717) is 32.2 Å². The van der Waals surface area contributed by atoms with Crippen molar-refractivity contribution in [2.75, 3.05) is 16.8 Å². The Morgan fingerprint density at radius 2 is 1.71 bits per heavy atom. The van der Waals surface area contributed by atoms with E-state index in [1.54, 1.807) is 54.6 Å². The molecule has 3 atom stereocenters. The van der Waals surface area contributed by atoms with E-state index in [4.69, 9.17) is 27.9 Å². The number of aryl methyl sites for hydroxylation is 1. The van der Waals surface area contributed by atoms with Crippen LogP contribution in [0.3, 0.4) is 0 Å². The lowest BCUT2D eigenvalue weighted by molar-refractivity contribution is -0.122. The molecule has 1 saturated heterocycles. The van der Waals surface area contributed by atoms with Gasteiger partial charge in [0.1, 0.15) is 11.0 Å². The van der Waals surface area contributed by atoms with Crippen LogP contribution >= 0.6 is 46.3 Å². The molecule has 12 heteroatoms. The fourth-order valence-electron chi connectivity index (χ4n) is 5.02. The van der Waals surface area contributed by atoms with Crippen LogP contribution in [0.5, 0.6) is 5.75 Å². The Morgan fingerprint density at radius 3 is 2.41 bits per heavy atom. The quantitative estimate of drug-likeness (QED) is 0.260. The molecule has 2 aliphatic rings. The summed E-state index contributed by atoms with van der Waals surface area (Å²) in [6.45, 7) is 1.69. The van der Waals surface area contributed by atoms with E-state index in [1.165, 1.54) is 16.7 Å². The molecule has 3 heterocycles. The number of H-pyrrole nitrogens is 1. The number of rotatable bonds is 6. The predicted molar refractivity (Wildman–Crippen MR) is 161 cm³/mol. The van der Waals surface area contributed by atoms with Crippen LogP contribution < -0.4 is 19.8 Å². The molecule has 0 spiro atoms.